The molecule has 0 aromatic rings. The number of hydrogen-bond donors (Lipinski definition) is 0. The molecule has 0 aliphatic carbocycles. The molecule has 0 atom stereocenters. The number of carbonyl (C=O) groups is 1. The van der Waals surface area contributed by atoms with Gasteiger partial charge in [0.05, 0.1) is 0 Å². The van der Waals surface area contributed by atoms with E-state index in [1.807, 2.05) is 0 Å². The van der Waals surface area contributed by atoms with Gasteiger partial charge >= 0.3 is 29.6 Å². The van der Waals surface area contributed by atoms with Crippen molar-refractivity contribution in [1.29, 1.82) is 0 Å². The number of aldehydes is 1. The lowest BCUT2D eigenvalue weighted by Gasteiger charge is -2.36. The minimum Gasteiger partial charge on any atom is -0.296 e. The van der Waals surface area contributed by atoms with E-state index in [0.717, 1.165) is 0 Å². The van der Waals surface area contributed by atoms with Crippen molar-refractivity contribution in [2.24, 2.45) is 0 Å². The van der Waals surface area contributed by atoms with Crippen LogP contribution in [0.1, 0.15) is 6.92 Å². The van der Waals surface area contributed by atoms with Gasteiger partial charge in [0.25, 0.3) is 0 Å². The molecule has 11 heteroatoms. The Bertz CT molecular complexity index is 328. The summed E-state index contributed by atoms with van der Waals surface area (Å²) in [6.45, 7) is -0.851. The van der Waals surface area contributed by atoms with Crippen LogP contribution in [0.15, 0.2) is 0 Å². The van der Waals surface area contributed by atoms with Gasteiger partial charge in [-0.2, -0.15) is 43.9 Å². The number of rotatable bonds is 5. The van der Waals surface area contributed by atoms with Crippen molar-refractivity contribution in [2.45, 2.75) is 36.5 Å². The fraction of sp³-hybridized carbons (Fsp3) is 0.857. The van der Waals surface area contributed by atoms with Crippen molar-refractivity contribution >= 4 is 6.29 Å². The molecule has 0 heterocycles. The van der Waals surface area contributed by atoms with Gasteiger partial charge in [0.15, 0.2) is 6.29 Å². The van der Waals surface area contributed by atoms with Gasteiger partial charge in [0.2, 0.25) is 0 Å². The van der Waals surface area contributed by atoms with Crippen LogP contribution in [0.5, 0.6) is 0 Å². The average Bonchev–Trinajstić information content (AvgIpc) is 2.15. The molecule has 0 saturated carbocycles. The van der Waals surface area contributed by atoms with E-state index in [1.54, 1.807) is 0 Å². The third-order valence-electron chi connectivity index (χ3n) is 1.91. The van der Waals surface area contributed by atoms with Gasteiger partial charge < -0.3 is 0 Å². The molecule has 0 spiro atoms. The highest BCUT2D eigenvalue weighted by atomic mass is 19.4. The zero-order valence-corrected chi connectivity index (χ0v) is 8.27. The summed E-state index contributed by atoms with van der Waals surface area (Å²) < 4.78 is 123. The largest absolute Gasteiger partial charge is 0.385 e. The molecule has 0 aliphatic heterocycles. The predicted molar refractivity (Wildman–Crippen MR) is 36.5 cm³/mol. The lowest BCUT2D eigenvalue weighted by Crippen LogP contribution is -2.67. The fourth-order valence-electron chi connectivity index (χ4n) is 0.756. The van der Waals surface area contributed by atoms with Crippen LogP contribution >= 0.6 is 0 Å². The zero-order valence-electron chi connectivity index (χ0n) is 8.27. The number of alkyl halides is 10. The molecule has 0 aliphatic rings. The molecule has 0 unspecified atom stereocenters. The van der Waals surface area contributed by atoms with Gasteiger partial charge in [-0.05, 0) is 0 Å². The highest BCUT2D eigenvalue weighted by molar-refractivity contribution is 5.62. The number of carbonyl (C=O) groups excluding carboxylic acids is 1. The van der Waals surface area contributed by atoms with Crippen LogP contribution in [-0.4, -0.2) is 35.9 Å². The Kier molecular flexibility index (Phi) is 3.76. The molecule has 0 fully saturated rings. The molecule has 18 heavy (non-hydrogen) atoms. The third kappa shape index (κ3) is 2.03. The molecular weight excluding hydrogens is 290 g/mol. The van der Waals surface area contributed by atoms with Crippen molar-refractivity contribution < 1.29 is 48.7 Å². The maximum Gasteiger partial charge on any atom is 0.385 e. The minimum absolute atomic E-state index is 0.851. The topological polar surface area (TPSA) is 17.1 Å². The Morgan fingerprint density at radius 1 is 0.667 bits per heavy atom. The molecule has 0 amide bonds. The first-order chi connectivity index (χ1) is 7.56. The normalized spacial score (nSPS) is 15.7. The zero-order chi connectivity index (χ0) is 15.2. The summed E-state index contributed by atoms with van der Waals surface area (Å²) in [5.74, 6) is -32.8. The second kappa shape index (κ2) is 3.98. The van der Waals surface area contributed by atoms with Gasteiger partial charge in [-0.25, -0.2) is 0 Å². The Morgan fingerprint density at radius 2 is 1.00 bits per heavy atom. The summed E-state index contributed by atoms with van der Waals surface area (Å²) in [6, 6.07) is 0. The number of halogens is 10. The van der Waals surface area contributed by atoms with Crippen LogP contribution in [-0.2, 0) is 4.79 Å². The monoisotopic (exact) mass is 294 g/mol. The van der Waals surface area contributed by atoms with Crippen LogP contribution in [0.25, 0.3) is 0 Å². The van der Waals surface area contributed by atoms with E-state index in [-0.39, 0.29) is 0 Å². The van der Waals surface area contributed by atoms with Crippen molar-refractivity contribution in [1.82, 2.24) is 0 Å². The van der Waals surface area contributed by atoms with Crippen LogP contribution in [0, 0.1) is 0 Å². The van der Waals surface area contributed by atoms with Crippen molar-refractivity contribution in [3.8, 4) is 0 Å². The molecule has 0 bridgehead atoms. The molecule has 0 saturated heterocycles. The van der Waals surface area contributed by atoms with Gasteiger partial charge in [-0.1, -0.05) is 0 Å². The van der Waals surface area contributed by atoms with Gasteiger partial charge in [-0.3, -0.25) is 4.79 Å². The van der Waals surface area contributed by atoms with E-state index in [2.05, 4.69) is 0 Å². The first-order valence-electron chi connectivity index (χ1n) is 3.91. The predicted octanol–water partition coefficient (Wildman–Crippen LogP) is 3.38. The standard InChI is InChI=1S/C7H4F10O/c1-3(8,9)5(12,13)7(16,17)6(14,15)4(10,11)2-18/h2H,1H3. The molecule has 108 valence electrons. The van der Waals surface area contributed by atoms with Crippen molar-refractivity contribution in [3.05, 3.63) is 0 Å². The minimum atomic E-state index is -7.14. The summed E-state index contributed by atoms with van der Waals surface area (Å²) in [6.07, 6.45) is -2.02. The Balaban J connectivity index is 5.87. The van der Waals surface area contributed by atoms with E-state index in [1.165, 1.54) is 0 Å². The summed E-state index contributed by atoms with van der Waals surface area (Å²) in [5, 5.41) is 0. The first-order valence-corrected chi connectivity index (χ1v) is 3.91. The maximum absolute atomic E-state index is 12.5. The van der Waals surface area contributed by atoms with E-state index >= 15 is 0 Å². The molecule has 0 N–H and O–H groups in total. The molecule has 0 aromatic heterocycles. The van der Waals surface area contributed by atoms with Crippen LogP contribution < -0.4 is 0 Å². The van der Waals surface area contributed by atoms with Crippen LogP contribution in [0.2, 0.25) is 0 Å². The Labute approximate surface area is 92.7 Å². The Hall–Kier alpha value is -1.03. The highest BCUT2D eigenvalue weighted by Crippen LogP contribution is 2.56. The van der Waals surface area contributed by atoms with Gasteiger partial charge in [0.1, 0.15) is 0 Å². The Morgan fingerprint density at radius 3 is 1.22 bits per heavy atom. The summed E-state index contributed by atoms with van der Waals surface area (Å²) in [4.78, 5) is 9.50. The highest BCUT2D eigenvalue weighted by Gasteiger charge is 2.85. The summed E-state index contributed by atoms with van der Waals surface area (Å²) >= 11 is 0. The lowest BCUT2D eigenvalue weighted by atomic mass is 9.96. The summed E-state index contributed by atoms with van der Waals surface area (Å²) in [7, 11) is 0. The first kappa shape index (κ1) is 17.0. The molecular formula is C7H4F10O. The van der Waals surface area contributed by atoms with Crippen molar-refractivity contribution in [2.75, 3.05) is 0 Å². The number of hydrogen-bond acceptors (Lipinski definition) is 1. The quantitative estimate of drug-likeness (QED) is 0.561. The van der Waals surface area contributed by atoms with Gasteiger partial charge in [0, 0.05) is 6.92 Å². The second-order valence-electron chi connectivity index (χ2n) is 3.35. The lowest BCUT2D eigenvalue weighted by molar-refractivity contribution is -0.390. The van der Waals surface area contributed by atoms with Crippen molar-refractivity contribution in [3.63, 3.8) is 0 Å². The van der Waals surface area contributed by atoms with E-state index in [9.17, 15) is 48.7 Å². The van der Waals surface area contributed by atoms with E-state index < -0.39 is 42.8 Å². The molecule has 0 aromatic carbocycles. The van der Waals surface area contributed by atoms with Gasteiger partial charge in [-0.15, -0.1) is 0 Å². The van der Waals surface area contributed by atoms with Crippen LogP contribution in [0.3, 0.4) is 0 Å². The SMILES string of the molecule is CC(F)(F)C(F)(F)C(F)(F)C(F)(F)C(F)(F)C=O. The molecule has 0 rings (SSSR count). The smallest absolute Gasteiger partial charge is 0.296 e. The third-order valence-corrected chi connectivity index (χ3v) is 1.91. The second-order valence-corrected chi connectivity index (χ2v) is 3.35. The molecule has 1 nitrogen and oxygen atoms in total. The fourth-order valence-corrected chi connectivity index (χ4v) is 0.756. The van der Waals surface area contributed by atoms with E-state index in [4.69, 9.17) is 0 Å². The molecule has 0 radical (unpaired) electrons. The summed E-state index contributed by atoms with van der Waals surface area (Å²) in [5.41, 5.74) is 0. The average molecular weight is 294 g/mol. The van der Waals surface area contributed by atoms with E-state index in [0.29, 0.717) is 0 Å². The maximum atomic E-state index is 12.5. The van der Waals surface area contributed by atoms with Crippen LogP contribution in [0.4, 0.5) is 43.9 Å².